The van der Waals surface area contributed by atoms with Crippen LogP contribution >= 0.6 is 11.6 Å². The number of benzene rings is 1. The Labute approximate surface area is 126 Å². The first-order valence-electron chi connectivity index (χ1n) is 6.38. The van der Waals surface area contributed by atoms with E-state index in [1.165, 1.54) is 13.8 Å². The molecule has 1 aromatic heterocycles. The van der Waals surface area contributed by atoms with Crippen molar-refractivity contribution in [3.63, 3.8) is 0 Å². The van der Waals surface area contributed by atoms with Crippen molar-refractivity contribution in [2.24, 2.45) is 5.41 Å². The Kier molecular flexibility index (Phi) is 4.14. The zero-order chi connectivity index (χ0) is 15.6. The lowest BCUT2D eigenvalue weighted by Crippen LogP contribution is -2.29. The predicted octanol–water partition coefficient (Wildman–Crippen LogP) is 3.33. The normalized spacial score (nSPS) is 11.4. The number of anilines is 1. The van der Waals surface area contributed by atoms with Crippen LogP contribution < -0.4 is 5.32 Å². The fourth-order valence-electron chi connectivity index (χ4n) is 1.91. The molecule has 0 aliphatic rings. The summed E-state index contributed by atoms with van der Waals surface area (Å²) in [5.74, 6) is -1.39. The highest BCUT2D eigenvalue weighted by atomic mass is 35.5. The molecule has 1 amide bonds. The van der Waals surface area contributed by atoms with Crippen LogP contribution in [0.2, 0.25) is 5.02 Å². The quantitative estimate of drug-likeness (QED) is 0.908. The van der Waals surface area contributed by atoms with E-state index in [0.717, 1.165) is 5.39 Å². The number of rotatable bonds is 4. The van der Waals surface area contributed by atoms with Gasteiger partial charge in [-0.25, -0.2) is 0 Å². The molecule has 1 aromatic carbocycles. The molecule has 6 heteroatoms. The van der Waals surface area contributed by atoms with Gasteiger partial charge in [0.15, 0.2) is 0 Å². The summed E-state index contributed by atoms with van der Waals surface area (Å²) in [5.41, 5.74) is -0.0348. The van der Waals surface area contributed by atoms with Crippen LogP contribution in [0.1, 0.15) is 20.3 Å². The third-order valence-corrected chi connectivity index (χ3v) is 3.50. The number of hydrogen-bond acceptors (Lipinski definition) is 3. The molecule has 0 atom stereocenters. The molecular formula is C15H15ClN2O3. The first-order valence-corrected chi connectivity index (χ1v) is 6.75. The fraction of sp³-hybridized carbons (Fsp3) is 0.267. The van der Waals surface area contributed by atoms with E-state index in [1.807, 2.05) is 6.07 Å². The number of nitrogens with one attached hydrogen (secondary N) is 1. The van der Waals surface area contributed by atoms with Gasteiger partial charge >= 0.3 is 5.97 Å². The molecule has 5 nitrogen and oxygen atoms in total. The van der Waals surface area contributed by atoms with Crippen LogP contribution in [0.4, 0.5) is 5.69 Å². The number of carboxylic acids is 1. The van der Waals surface area contributed by atoms with Gasteiger partial charge in [-0.05, 0) is 38.1 Å². The van der Waals surface area contributed by atoms with Gasteiger partial charge in [0.2, 0.25) is 5.91 Å². The van der Waals surface area contributed by atoms with Gasteiger partial charge < -0.3 is 10.4 Å². The topological polar surface area (TPSA) is 79.3 Å². The summed E-state index contributed by atoms with van der Waals surface area (Å²) in [6, 6.07) is 6.89. The number of nitrogens with zero attached hydrogens (tertiary/aromatic N) is 1. The fourth-order valence-corrected chi connectivity index (χ4v) is 2.13. The van der Waals surface area contributed by atoms with Crippen molar-refractivity contribution in [1.82, 2.24) is 4.98 Å². The monoisotopic (exact) mass is 306 g/mol. The van der Waals surface area contributed by atoms with E-state index in [1.54, 1.807) is 24.4 Å². The van der Waals surface area contributed by atoms with Crippen molar-refractivity contribution in [2.45, 2.75) is 20.3 Å². The second-order valence-corrected chi connectivity index (χ2v) is 5.82. The zero-order valence-electron chi connectivity index (χ0n) is 11.7. The summed E-state index contributed by atoms with van der Waals surface area (Å²) in [4.78, 5) is 27.3. The summed E-state index contributed by atoms with van der Waals surface area (Å²) in [6.07, 6.45) is 1.48. The molecule has 21 heavy (non-hydrogen) atoms. The average Bonchev–Trinajstić information content (AvgIpc) is 2.41. The van der Waals surface area contributed by atoms with Crippen LogP contribution in [-0.4, -0.2) is 22.0 Å². The molecule has 110 valence electrons. The number of carboxylic acid groups (broad SMARTS) is 1. The van der Waals surface area contributed by atoms with Crippen molar-refractivity contribution in [1.29, 1.82) is 0 Å². The van der Waals surface area contributed by atoms with E-state index in [9.17, 15) is 9.59 Å². The van der Waals surface area contributed by atoms with Gasteiger partial charge in [0.1, 0.15) is 0 Å². The van der Waals surface area contributed by atoms with Crippen LogP contribution in [0.5, 0.6) is 0 Å². The second kappa shape index (κ2) is 5.69. The Hall–Kier alpha value is -2.14. The number of amides is 1. The van der Waals surface area contributed by atoms with Gasteiger partial charge in [-0.2, -0.15) is 0 Å². The van der Waals surface area contributed by atoms with E-state index in [2.05, 4.69) is 10.3 Å². The van der Waals surface area contributed by atoms with Crippen LogP contribution in [0.15, 0.2) is 30.5 Å². The number of aliphatic carboxylic acids is 1. The molecular weight excluding hydrogens is 292 g/mol. The van der Waals surface area contributed by atoms with Crippen LogP contribution in [0, 0.1) is 5.41 Å². The number of carbonyl (C=O) groups is 2. The van der Waals surface area contributed by atoms with Gasteiger partial charge in [0, 0.05) is 18.0 Å². The van der Waals surface area contributed by atoms with Gasteiger partial charge in [0.05, 0.1) is 21.6 Å². The van der Waals surface area contributed by atoms with E-state index in [0.29, 0.717) is 16.2 Å². The van der Waals surface area contributed by atoms with Crippen molar-refractivity contribution >= 4 is 40.1 Å². The molecule has 2 N–H and O–H groups in total. The minimum absolute atomic E-state index is 0.126. The van der Waals surface area contributed by atoms with Gasteiger partial charge in [0.25, 0.3) is 0 Å². The third-order valence-electron chi connectivity index (χ3n) is 3.17. The molecule has 0 saturated heterocycles. The minimum atomic E-state index is -1.13. The highest BCUT2D eigenvalue weighted by Gasteiger charge is 2.30. The largest absolute Gasteiger partial charge is 0.481 e. The number of aromatic nitrogens is 1. The Morgan fingerprint density at radius 1 is 1.33 bits per heavy atom. The maximum Gasteiger partial charge on any atom is 0.309 e. The molecule has 1 heterocycles. The molecule has 0 bridgehead atoms. The summed E-state index contributed by atoms with van der Waals surface area (Å²) >= 11 is 6.08. The average molecular weight is 307 g/mol. The molecule has 2 aromatic rings. The number of pyridine rings is 1. The molecule has 0 radical (unpaired) electrons. The van der Waals surface area contributed by atoms with E-state index >= 15 is 0 Å². The van der Waals surface area contributed by atoms with Crippen molar-refractivity contribution in [3.8, 4) is 0 Å². The van der Waals surface area contributed by atoms with Crippen molar-refractivity contribution in [2.75, 3.05) is 5.32 Å². The molecule has 2 rings (SSSR count). The van der Waals surface area contributed by atoms with E-state index in [-0.39, 0.29) is 12.3 Å². The second-order valence-electron chi connectivity index (χ2n) is 5.41. The molecule has 0 aliphatic heterocycles. The number of fused-ring (bicyclic) bond motifs is 1. The molecule has 0 aliphatic carbocycles. The summed E-state index contributed by atoms with van der Waals surface area (Å²) in [5, 5.41) is 13.0. The van der Waals surface area contributed by atoms with Gasteiger partial charge in [-0.1, -0.05) is 11.6 Å². The minimum Gasteiger partial charge on any atom is -0.481 e. The van der Waals surface area contributed by atoms with E-state index < -0.39 is 11.4 Å². The summed E-state index contributed by atoms with van der Waals surface area (Å²) in [6.45, 7) is 3.01. The third kappa shape index (κ3) is 3.31. The number of hydrogen-bond donors (Lipinski definition) is 2. The number of carbonyl (C=O) groups excluding carboxylic acids is 1. The predicted molar refractivity (Wildman–Crippen MR) is 81.4 cm³/mol. The first kappa shape index (κ1) is 15.3. The highest BCUT2D eigenvalue weighted by Crippen LogP contribution is 2.29. The maximum absolute atomic E-state index is 12.0. The molecule has 0 saturated carbocycles. The van der Waals surface area contributed by atoms with Crippen LogP contribution in [-0.2, 0) is 9.59 Å². The lowest BCUT2D eigenvalue weighted by atomic mass is 9.89. The molecule has 0 spiro atoms. The summed E-state index contributed by atoms with van der Waals surface area (Å²) in [7, 11) is 0. The highest BCUT2D eigenvalue weighted by molar-refractivity contribution is 6.35. The lowest BCUT2D eigenvalue weighted by molar-refractivity contribution is -0.148. The van der Waals surface area contributed by atoms with Crippen molar-refractivity contribution in [3.05, 3.63) is 35.5 Å². The smallest absolute Gasteiger partial charge is 0.309 e. The molecule has 0 fully saturated rings. The Bertz CT molecular complexity index is 713. The van der Waals surface area contributed by atoms with Gasteiger partial charge in [-0.3, -0.25) is 14.6 Å². The lowest BCUT2D eigenvalue weighted by Gasteiger charge is -2.18. The number of halogens is 1. The van der Waals surface area contributed by atoms with Gasteiger partial charge in [-0.15, -0.1) is 0 Å². The maximum atomic E-state index is 12.0. The van der Waals surface area contributed by atoms with Crippen molar-refractivity contribution < 1.29 is 14.7 Å². The van der Waals surface area contributed by atoms with Crippen LogP contribution in [0.25, 0.3) is 10.9 Å². The Balaban J connectivity index is 2.27. The first-order chi connectivity index (χ1) is 9.81. The molecule has 0 unspecified atom stereocenters. The zero-order valence-corrected chi connectivity index (χ0v) is 12.4. The Morgan fingerprint density at radius 3 is 2.71 bits per heavy atom. The summed E-state index contributed by atoms with van der Waals surface area (Å²) < 4.78 is 0. The SMILES string of the molecule is CC(C)(CC(=O)Nc1ccc(Cl)c2cccnc12)C(=O)O. The van der Waals surface area contributed by atoms with Crippen LogP contribution in [0.3, 0.4) is 0 Å². The Morgan fingerprint density at radius 2 is 2.05 bits per heavy atom. The standard InChI is InChI=1S/C15H15ClN2O3/c1-15(2,14(20)21)8-12(19)18-11-6-5-10(16)9-4-3-7-17-13(9)11/h3-7H,8H2,1-2H3,(H,18,19)(H,20,21). The van der Waals surface area contributed by atoms with E-state index in [4.69, 9.17) is 16.7 Å².